The van der Waals surface area contributed by atoms with Gasteiger partial charge in [0.1, 0.15) is 0 Å². The van der Waals surface area contributed by atoms with Crippen LogP contribution in [0.25, 0.3) is 0 Å². The van der Waals surface area contributed by atoms with Crippen LogP contribution in [0.2, 0.25) is 0 Å². The summed E-state index contributed by atoms with van der Waals surface area (Å²) in [6, 6.07) is 3.04. The van der Waals surface area contributed by atoms with E-state index in [9.17, 15) is 16.8 Å². The molecular weight excluding hydrogens is 370 g/mol. The standard InChI is InChI=1S/C10H16BrN3O4S2/c1-7-9(12)5-8(11)6-10(7)20(17,18)14-3-2-4-19(13,15)16/h5-6,14H,2-4,12H2,1H3,(H2,13,15,16). The molecule has 5 N–H and O–H groups in total. The Morgan fingerprint density at radius 2 is 1.85 bits per heavy atom. The van der Waals surface area contributed by atoms with Crippen LogP contribution in [0.3, 0.4) is 0 Å². The Balaban J connectivity index is 2.85. The minimum absolute atomic E-state index is 0.0232. The summed E-state index contributed by atoms with van der Waals surface area (Å²) in [5.41, 5.74) is 6.50. The first-order chi connectivity index (χ1) is 9.03. The van der Waals surface area contributed by atoms with E-state index < -0.39 is 20.0 Å². The molecule has 0 spiro atoms. The average Bonchev–Trinajstić information content (AvgIpc) is 2.28. The van der Waals surface area contributed by atoms with E-state index in [-0.39, 0.29) is 23.6 Å². The van der Waals surface area contributed by atoms with Crippen LogP contribution in [0.4, 0.5) is 5.69 Å². The van der Waals surface area contributed by atoms with E-state index in [0.717, 1.165) is 0 Å². The molecule has 0 fully saturated rings. The number of anilines is 1. The molecule has 20 heavy (non-hydrogen) atoms. The first-order valence-corrected chi connectivity index (χ1v) is 9.58. The van der Waals surface area contributed by atoms with Gasteiger partial charge in [0.2, 0.25) is 20.0 Å². The van der Waals surface area contributed by atoms with Crippen LogP contribution < -0.4 is 15.6 Å². The summed E-state index contributed by atoms with van der Waals surface area (Å²) in [4.78, 5) is 0.0555. The van der Waals surface area contributed by atoms with Crippen molar-refractivity contribution in [3.8, 4) is 0 Å². The summed E-state index contributed by atoms with van der Waals surface area (Å²) in [6.45, 7) is 1.57. The van der Waals surface area contributed by atoms with Gasteiger partial charge in [-0.25, -0.2) is 26.7 Å². The topological polar surface area (TPSA) is 132 Å². The molecule has 0 atom stereocenters. The van der Waals surface area contributed by atoms with Crippen LogP contribution in [0.5, 0.6) is 0 Å². The molecule has 0 aliphatic carbocycles. The highest BCUT2D eigenvalue weighted by molar-refractivity contribution is 9.10. The van der Waals surface area contributed by atoms with E-state index in [0.29, 0.717) is 15.7 Å². The van der Waals surface area contributed by atoms with Gasteiger partial charge < -0.3 is 5.73 Å². The molecule has 114 valence electrons. The summed E-state index contributed by atoms with van der Waals surface area (Å²) >= 11 is 3.18. The van der Waals surface area contributed by atoms with Crippen molar-refractivity contribution in [2.24, 2.45) is 5.14 Å². The van der Waals surface area contributed by atoms with Crippen LogP contribution in [0.1, 0.15) is 12.0 Å². The fourth-order valence-corrected chi connectivity index (χ4v) is 4.06. The Hall–Kier alpha value is -0.680. The molecular formula is C10H16BrN3O4S2. The van der Waals surface area contributed by atoms with Gasteiger partial charge in [-0.05, 0) is 31.0 Å². The molecule has 1 aromatic rings. The summed E-state index contributed by atoms with van der Waals surface area (Å²) in [5, 5.41) is 4.83. The molecule has 0 saturated carbocycles. The lowest BCUT2D eigenvalue weighted by Crippen LogP contribution is -2.28. The van der Waals surface area contributed by atoms with Crippen LogP contribution in [0, 0.1) is 6.92 Å². The lowest BCUT2D eigenvalue weighted by atomic mass is 10.2. The van der Waals surface area contributed by atoms with Gasteiger partial charge in [0.15, 0.2) is 0 Å². The molecule has 0 aliphatic rings. The van der Waals surface area contributed by atoms with Gasteiger partial charge in [-0.2, -0.15) is 0 Å². The fraction of sp³-hybridized carbons (Fsp3) is 0.400. The quantitative estimate of drug-likeness (QED) is 0.478. The average molecular weight is 386 g/mol. The smallest absolute Gasteiger partial charge is 0.240 e. The summed E-state index contributed by atoms with van der Waals surface area (Å²) in [7, 11) is -7.34. The van der Waals surface area contributed by atoms with Crippen molar-refractivity contribution in [1.29, 1.82) is 0 Å². The number of nitrogens with two attached hydrogens (primary N) is 2. The van der Waals surface area contributed by atoms with Crippen LogP contribution in [0.15, 0.2) is 21.5 Å². The van der Waals surface area contributed by atoms with Crippen molar-refractivity contribution >= 4 is 41.7 Å². The molecule has 0 aliphatic heterocycles. The zero-order valence-corrected chi connectivity index (χ0v) is 14.0. The Labute approximate surface area is 127 Å². The van der Waals surface area contributed by atoms with Gasteiger partial charge in [0, 0.05) is 16.7 Å². The van der Waals surface area contributed by atoms with Gasteiger partial charge in [0.25, 0.3) is 0 Å². The van der Waals surface area contributed by atoms with Gasteiger partial charge in [-0.15, -0.1) is 0 Å². The van der Waals surface area contributed by atoms with Crippen LogP contribution >= 0.6 is 15.9 Å². The maximum atomic E-state index is 12.1. The van der Waals surface area contributed by atoms with Gasteiger partial charge >= 0.3 is 0 Å². The minimum Gasteiger partial charge on any atom is -0.398 e. The molecule has 0 amide bonds. The van der Waals surface area contributed by atoms with E-state index >= 15 is 0 Å². The molecule has 0 heterocycles. The molecule has 1 rings (SSSR count). The third kappa shape index (κ3) is 5.02. The number of sulfonamides is 2. The van der Waals surface area contributed by atoms with Crippen molar-refractivity contribution in [3.63, 3.8) is 0 Å². The molecule has 0 radical (unpaired) electrons. The molecule has 10 heteroatoms. The Bertz CT molecular complexity index is 701. The maximum absolute atomic E-state index is 12.1. The Morgan fingerprint density at radius 1 is 1.25 bits per heavy atom. The zero-order valence-electron chi connectivity index (χ0n) is 10.8. The largest absolute Gasteiger partial charge is 0.398 e. The van der Waals surface area contributed by atoms with E-state index in [4.69, 9.17) is 10.9 Å². The number of hydrogen-bond acceptors (Lipinski definition) is 5. The highest BCUT2D eigenvalue weighted by atomic mass is 79.9. The predicted octanol–water partition coefficient (Wildman–Crippen LogP) is 0.297. The van der Waals surface area contributed by atoms with E-state index in [1.54, 1.807) is 13.0 Å². The number of hydrogen-bond donors (Lipinski definition) is 3. The number of halogens is 1. The van der Waals surface area contributed by atoms with Crippen LogP contribution in [-0.4, -0.2) is 29.1 Å². The normalized spacial score (nSPS) is 12.6. The number of rotatable bonds is 6. The molecule has 1 aromatic carbocycles. The summed E-state index contributed by atoms with van der Waals surface area (Å²) < 4.78 is 48.6. The van der Waals surface area contributed by atoms with Gasteiger partial charge in [-0.1, -0.05) is 15.9 Å². The van der Waals surface area contributed by atoms with Gasteiger partial charge in [0.05, 0.1) is 10.6 Å². The molecule has 0 unspecified atom stereocenters. The SMILES string of the molecule is Cc1c(N)cc(Br)cc1S(=O)(=O)NCCCS(N)(=O)=O. The number of nitrogen functional groups attached to an aromatic ring is 1. The van der Waals surface area contributed by atoms with Crippen molar-refractivity contribution in [2.45, 2.75) is 18.2 Å². The highest BCUT2D eigenvalue weighted by Gasteiger charge is 2.18. The third-order valence-corrected chi connectivity index (χ3v) is 5.45. The van der Waals surface area contributed by atoms with E-state index in [1.165, 1.54) is 6.07 Å². The Kier molecular flexibility index (Phi) is 5.55. The second-order valence-electron chi connectivity index (χ2n) is 4.24. The second-order valence-corrected chi connectivity index (χ2v) is 8.62. The summed E-state index contributed by atoms with van der Waals surface area (Å²) in [5.74, 6) is -0.283. The second kappa shape index (κ2) is 6.39. The molecule has 0 saturated heterocycles. The molecule has 0 bridgehead atoms. The zero-order chi connectivity index (χ0) is 15.6. The maximum Gasteiger partial charge on any atom is 0.240 e. The third-order valence-electron chi connectivity index (χ3n) is 2.55. The van der Waals surface area contributed by atoms with Crippen molar-refractivity contribution < 1.29 is 16.8 Å². The Morgan fingerprint density at radius 3 is 2.40 bits per heavy atom. The van der Waals surface area contributed by atoms with E-state index in [1.807, 2.05) is 0 Å². The first-order valence-electron chi connectivity index (χ1n) is 5.59. The highest BCUT2D eigenvalue weighted by Crippen LogP contribution is 2.26. The molecule has 0 aromatic heterocycles. The van der Waals surface area contributed by atoms with E-state index in [2.05, 4.69) is 20.7 Å². The monoisotopic (exact) mass is 385 g/mol. The van der Waals surface area contributed by atoms with Crippen LogP contribution in [-0.2, 0) is 20.0 Å². The predicted molar refractivity (Wildman–Crippen MR) is 81.1 cm³/mol. The summed E-state index contributed by atoms with van der Waals surface area (Å²) in [6.07, 6.45) is 0.0978. The first kappa shape index (κ1) is 17.4. The van der Waals surface area contributed by atoms with Crippen molar-refractivity contribution in [1.82, 2.24) is 4.72 Å². The lowest BCUT2D eigenvalue weighted by molar-refractivity contribution is 0.576. The number of benzene rings is 1. The van der Waals surface area contributed by atoms with Crippen molar-refractivity contribution in [2.75, 3.05) is 18.0 Å². The minimum atomic E-state index is -3.75. The number of primary sulfonamides is 1. The molecule has 7 nitrogen and oxygen atoms in total. The fourth-order valence-electron chi connectivity index (χ4n) is 1.51. The number of nitrogens with one attached hydrogen (secondary N) is 1. The van der Waals surface area contributed by atoms with Crippen molar-refractivity contribution in [3.05, 3.63) is 22.2 Å². The lowest BCUT2D eigenvalue weighted by Gasteiger charge is -2.11. The van der Waals surface area contributed by atoms with Gasteiger partial charge in [-0.3, -0.25) is 0 Å².